The van der Waals surface area contributed by atoms with Crippen molar-refractivity contribution in [1.82, 2.24) is 0 Å². The highest BCUT2D eigenvalue weighted by molar-refractivity contribution is 9.10. The van der Waals surface area contributed by atoms with Crippen LogP contribution in [0.4, 0.5) is 13.2 Å². The lowest BCUT2D eigenvalue weighted by molar-refractivity contribution is -0.136. The van der Waals surface area contributed by atoms with Gasteiger partial charge in [0.15, 0.2) is 0 Å². The molecule has 1 heterocycles. The molecule has 1 aromatic heterocycles. The smallest absolute Gasteiger partial charge is 0.417 e. The first-order valence-electron chi connectivity index (χ1n) is 7.33. The summed E-state index contributed by atoms with van der Waals surface area (Å²) >= 11 is 3.13. The summed E-state index contributed by atoms with van der Waals surface area (Å²) in [6, 6.07) is 7.76. The fourth-order valence-electron chi connectivity index (χ4n) is 2.41. The third-order valence-electron chi connectivity index (χ3n) is 3.58. The fourth-order valence-corrected chi connectivity index (χ4v) is 4.48. The number of benzene rings is 2. The van der Waals surface area contributed by atoms with E-state index in [-0.39, 0.29) is 20.5 Å². The van der Waals surface area contributed by atoms with Crippen LogP contribution >= 0.6 is 15.9 Å². The number of fused-ring (bicyclic) bond motifs is 1. The lowest BCUT2D eigenvalue weighted by atomic mass is 10.1. The van der Waals surface area contributed by atoms with Crippen molar-refractivity contribution in [1.29, 1.82) is 0 Å². The number of alkyl halides is 3. The molecule has 0 spiro atoms. The summed E-state index contributed by atoms with van der Waals surface area (Å²) in [5.41, 5.74) is -2.01. The number of rotatable bonds is 3. The van der Waals surface area contributed by atoms with Gasteiger partial charge in [0.25, 0.3) is 0 Å². The average Bonchev–Trinajstić information content (AvgIpc) is 2.52. The summed E-state index contributed by atoms with van der Waals surface area (Å²) in [6.07, 6.45) is -4.77. The van der Waals surface area contributed by atoms with Gasteiger partial charge in [-0.25, -0.2) is 4.79 Å². The van der Waals surface area contributed by atoms with E-state index in [2.05, 4.69) is 15.9 Å². The summed E-state index contributed by atoms with van der Waals surface area (Å²) in [4.78, 5) is 11.3. The van der Waals surface area contributed by atoms with Gasteiger partial charge in [-0.15, -0.1) is 0 Å². The van der Waals surface area contributed by atoms with Gasteiger partial charge in [-0.1, -0.05) is 6.07 Å². The van der Waals surface area contributed by atoms with E-state index in [0.29, 0.717) is 6.07 Å². The van der Waals surface area contributed by atoms with Crippen LogP contribution < -0.4 is 9.81 Å². The first-order valence-corrected chi connectivity index (χ1v) is 9.53. The third-order valence-corrected chi connectivity index (χ3v) is 5.81. The van der Waals surface area contributed by atoms with E-state index in [0.717, 1.165) is 23.8 Å². The summed E-state index contributed by atoms with van der Waals surface area (Å²) in [5, 5.41) is -0.386. The molecule has 0 saturated heterocycles. The Labute approximate surface area is 159 Å². The molecule has 0 saturated carbocycles. The van der Waals surface area contributed by atoms with Crippen molar-refractivity contribution in [2.75, 3.05) is 0 Å². The SMILES string of the molecule is Cc1ccc(S(=O)(=O)Oc2ccc3c(C(F)(F)F)cc(=O)oc3c2)c(Br)c1. The quantitative estimate of drug-likeness (QED) is 0.418. The highest BCUT2D eigenvalue weighted by atomic mass is 79.9. The molecule has 10 heteroatoms. The van der Waals surface area contributed by atoms with E-state index in [9.17, 15) is 26.4 Å². The molecule has 2 aromatic carbocycles. The van der Waals surface area contributed by atoms with Gasteiger partial charge in [0.05, 0.1) is 5.56 Å². The van der Waals surface area contributed by atoms with Crippen LogP contribution in [0.3, 0.4) is 0 Å². The molecule has 3 aromatic rings. The summed E-state index contributed by atoms with van der Waals surface area (Å²) in [5.74, 6) is -0.294. The molecule has 0 aliphatic heterocycles. The van der Waals surface area contributed by atoms with E-state index in [1.807, 2.05) is 0 Å². The topological polar surface area (TPSA) is 73.6 Å². The Hall–Kier alpha value is -2.33. The predicted molar refractivity (Wildman–Crippen MR) is 94.2 cm³/mol. The number of hydrogen-bond acceptors (Lipinski definition) is 5. The van der Waals surface area contributed by atoms with Crippen molar-refractivity contribution in [3.8, 4) is 5.75 Å². The fraction of sp³-hybridized carbons (Fsp3) is 0.118. The minimum atomic E-state index is -4.77. The summed E-state index contributed by atoms with van der Waals surface area (Å²) in [7, 11) is -4.27. The lowest BCUT2D eigenvalue weighted by Gasteiger charge is -2.11. The van der Waals surface area contributed by atoms with Crippen molar-refractivity contribution >= 4 is 37.0 Å². The van der Waals surface area contributed by atoms with E-state index < -0.39 is 33.1 Å². The molecular weight excluding hydrogens is 453 g/mol. The molecule has 0 amide bonds. The standard InChI is InChI=1S/C17H10BrF3O5S/c1-9-2-5-15(13(18)6-9)27(23,24)26-10-3-4-11-12(17(19,20)21)8-16(22)25-14(11)7-10/h2-8H,1H3. The maximum atomic E-state index is 13.1. The Morgan fingerprint density at radius 2 is 1.78 bits per heavy atom. The second-order valence-corrected chi connectivity index (χ2v) is 7.98. The molecule has 0 unspecified atom stereocenters. The van der Waals surface area contributed by atoms with Crippen LogP contribution in [0.5, 0.6) is 5.75 Å². The average molecular weight is 463 g/mol. The van der Waals surface area contributed by atoms with Crippen LogP contribution in [0, 0.1) is 6.92 Å². The molecule has 0 bridgehead atoms. The van der Waals surface area contributed by atoms with Crippen LogP contribution in [-0.2, 0) is 16.3 Å². The largest absolute Gasteiger partial charge is 0.423 e. The van der Waals surface area contributed by atoms with E-state index in [1.165, 1.54) is 6.07 Å². The van der Waals surface area contributed by atoms with Gasteiger partial charge in [0.1, 0.15) is 16.2 Å². The second kappa shape index (κ2) is 6.68. The number of aryl methyl sites for hydroxylation is 1. The normalized spacial score (nSPS) is 12.3. The maximum Gasteiger partial charge on any atom is 0.417 e. The van der Waals surface area contributed by atoms with Crippen molar-refractivity contribution < 1.29 is 30.2 Å². The molecule has 0 radical (unpaired) electrons. The van der Waals surface area contributed by atoms with Gasteiger partial charge in [-0.3, -0.25) is 0 Å². The molecular formula is C17H10BrF3O5S. The first kappa shape index (κ1) is 19.4. The van der Waals surface area contributed by atoms with Crippen molar-refractivity contribution in [3.63, 3.8) is 0 Å². The van der Waals surface area contributed by atoms with Gasteiger partial charge < -0.3 is 8.60 Å². The van der Waals surface area contributed by atoms with E-state index in [1.54, 1.807) is 19.1 Å². The molecule has 3 rings (SSSR count). The summed E-state index contributed by atoms with van der Waals surface area (Å²) in [6.45, 7) is 1.77. The predicted octanol–water partition coefficient (Wildman–Crippen LogP) is 4.65. The molecule has 5 nitrogen and oxygen atoms in total. The zero-order chi connectivity index (χ0) is 20.0. The molecule has 142 valence electrons. The van der Waals surface area contributed by atoms with Gasteiger partial charge >= 0.3 is 21.9 Å². The van der Waals surface area contributed by atoms with Crippen LogP contribution in [0.15, 0.2) is 61.0 Å². The highest BCUT2D eigenvalue weighted by Gasteiger charge is 2.34. The second-order valence-electron chi connectivity index (χ2n) is 5.61. The lowest BCUT2D eigenvalue weighted by Crippen LogP contribution is -2.12. The van der Waals surface area contributed by atoms with Crippen LogP contribution in [0.1, 0.15) is 11.1 Å². The Bertz CT molecular complexity index is 1200. The zero-order valence-electron chi connectivity index (χ0n) is 13.5. The first-order chi connectivity index (χ1) is 12.5. The molecule has 27 heavy (non-hydrogen) atoms. The van der Waals surface area contributed by atoms with Crippen LogP contribution in [0.2, 0.25) is 0 Å². The third kappa shape index (κ3) is 4.01. The van der Waals surface area contributed by atoms with E-state index >= 15 is 0 Å². The minimum absolute atomic E-state index is 0.154. The van der Waals surface area contributed by atoms with Crippen LogP contribution in [0.25, 0.3) is 11.0 Å². The van der Waals surface area contributed by atoms with Crippen molar-refractivity contribution in [2.24, 2.45) is 0 Å². The van der Waals surface area contributed by atoms with Gasteiger partial charge in [0, 0.05) is 22.0 Å². The number of hydrogen-bond donors (Lipinski definition) is 0. The minimum Gasteiger partial charge on any atom is -0.423 e. The maximum absolute atomic E-state index is 13.1. The van der Waals surface area contributed by atoms with Crippen molar-refractivity contribution in [2.45, 2.75) is 18.0 Å². The number of halogens is 4. The monoisotopic (exact) mass is 462 g/mol. The zero-order valence-corrected chi connectivity index (χ0v) is 15.9. The highest BCUT2D eigenvalue weighted by Crippen LogP contribution is 2.35. The summed E-state index contributed by atoms with van der Waals surface area (Å²) < 4.78 is 74.1. The van der Waals surface area contributed by atoms with Gasteiger partial charge in [-0.05, 0) is 52.7 Å². The Kier molecular flexibility index (Phi) is 4.81. The Morgan fingerprint density at radius 3 is 2.41 bits per heavy atom. The molecule has 0 aliphatic carbocycles. The Balaban J connectivity index is 2.07. The van der Waals surface area contributed by atoms with Crippen molar-refractivity contribution in [3.05, 3.63) is 68.5 Å². The molecule has 0 aliphatic rings. The molecule has 0 N–H and O–H groups in total. The molecule has 0 atom stereocenters. The Morgan fingerprint density at radius 1 is 1.07 bits per heavy atom. The van der Waals surface area contributed by atoms with Gasteiger partial charge in [-0.2, -0.15) is 21.6 Å². The van der Waals surface area contributed by atoms with Crippen LogP contribution in [-0.4, -0.2) is 8.42 Å². The van der Waals surface area contributed by atoms with E-state index in [4.69, 9.17) is 8.60 Å². The molecule has 0 fully saturated rings. The van der Waals surface area contributed by atoms with Gasteiger partial charge in [0.2, 0.25) is 0 Å².